The fourth-order valence-electron chi connectivity index (χ4n) is 2.54. The average molecular weight is 437 g/mol. The summed E-state index contributed by atoms with van der Waals surface area (Å²) in [4.78, 5) is 11.8. The van der Waals surface area contributed by atoms with Crippen LogP contribution in [-0.2, 0) is 11.0 Å². The lowest BCUT2D eigenvalue weighted by molar-refractivity contribution is -0.137. The Bertz CT molecular complexity index is 1080. The van der Waals surface area contributed by atoms with Crippen molar-refractivity contribution < 1.29 is 27.1 Å². The summed E-state index contributed by atoms with van der Waals surface area (Å²) in [7, 11) is 0. The number of furan rings is 1. The summed E-state index contributed by atoms with van der Waals surface area (Å²) in [5.74, 6) is 0.535. The standard InChI is InChI=1S/C21H16ClF3N2O3/c1-13-9-16(22)5-7-18(13)29-12-20(28)27-26-11-17-6-8-19(30-17)14-3-2-4-15(10-14)21(23,24)25/h2-11H,12H2,1H3,(H,27,28)/b26-11+. The molecule has 0 aliphatic rings. The van der Waals surface area contributed by atoms with E-state index in [9.17, 15) is 18.0 Å². The summed E-state index contributed by atoms with van der Waals surface area (Å²) in [6.45, 7) is 1.55. The molecule has 0 fully saturated rings. The third-order valence-electron chi connectivity index (χ3n) is 3.98. The maximum Gasteiger partial charge on any atom is 0.416 e. The van der Waals surface area contributed by atoms with Crippen LogP contribution in [0.25, 0.3) is 11.3 Å². The Morgan fingerprint density at radius 2 is 2.00 bits per heavy atom. The van der Waals surface area contributed by atoms with E-state index in [0.717, 1.165) is 17.7 Å². The van der Waals surface area contributed by atoms with Gasteiger partial charge in [-0.1, -0.05) is 23.7 Å². The Morgan fingerprint density at radius 3 is 2.73 bits per heavy atom. The van der Waals surface area contributed by atoms with Crippen LogP contribution in [0, 0.1) is 6.92 Å². The average Bonchev–Trinajstić information content (AvgIpc) is 3.16. The van der Waals surface area contributed by atoms with Gasteiger partial charge in [0, 0.05) is 10.6 Å². The van der Waals surface area contributed by atoms with E-state index in [-0.39, 0.29) is 23.7 Å². The minimum atomic E-state index is -4.44. The minimum Gasteiger partial charge on any atom is -0.483 e. The van der Waals surface area contributed by atoms with Crippen LogP contribution in [0.2, 0.25) is 5.02 Å². The topological polar surface area (TPSA) is 63.8 Å². The molecule has 1 N–H and O–H groups in total. The molecule has 0 unspecified atom stereocenters. The molecule has 3 aromatic rings. The number of nitrogens with one attached hydrogen (secondary N) is 1. The summed E-state index contributed by atoms with van der Waals surface area (Å²) < 4.78 is 49.4. The summed E-state index contributed by atoms with van der Waals surface area (Å²) in [5.41, 5.74) is 2.58. The number of carbonyl (C=O) groups excluding carboxylic acids is 1. The van der Waals surface area contributed by atoms with Crippen LogP contribution in [0.1, 0.15) is 16.9 Å². The van der Waals surface area contributed by atoms with Crippen LogP contribution in [-0.4, -0.2) is 18.7 Å². The molecule has 1 heterocycles. The van der Waals surface area contributed by atoms with Crippen LogP contribution in [0.15, 0.2) is 64.1 Å². The SMILES string of the molecule is Cc1cc(Cl)ccc1OCC(=O)N/N=C/c1ccc(-c2cccc(C(F)(F)F)c2)o1. The molecule has 1 aromatic heterocycles. The molecule has 0 radical (unpaired) electrons. The molecule has 5 nitrogen and oxygen atoms in total. The number of benzene rings is 2. The highest BCUT2D eigenvalue weighted by Crippen LogP contribution is 2.32. The van der Waals surface area contributed by atoms with E-state index in [0.29, 0.717) is 10.8 Å². The van der Waals surface area contributed by atoms with Gasteiger partial charge in [0.15, 0.2) is 6.61 Å². The van der Waals surface area contributed by atoms with E-state index in [1.165, 1.54) is 30.5 Å². The third kappa shape index (κ3) is 5.64. The van der Waals surface area contributed by atoms with Crippen molar-refractivity contribution in [3.05, 3.63) is 76.5 Å². The van der Waals surface area contributed by atoms with Gasteiger partial charge in [-0.3, -0.25) is 4.79 Å². The number of amides is 1. The molecule has 0 atom stereocenters. The van der Waals surface area contributed by atoms with Gasteiger partial charge in [0.25, 0.3) is 5.91 Å². The first-order valence-corrected chi connectivity index (χ1v) is 9.08. The maximum absolute atomic E-state index is 12.8. The van der Waals surface area contributed by atoms with Crippen molar-refractivity contribution in [3.63, 3.8) is 0 Å². The summed E-state index contributed by atoms with van der Waals surface area (Å²) in [6.07, 6.45) is -3.20. The second kappa shape index (κ2) is 9.04. The number of hydrogen-bond donors (Lipinski definition) is 1. The molecule has 0 saturated carbocycles. The first-order valence-electron chi connectivity index (χ1n) is 8.71. The fraction of sp³-hybridized carbons (Fsp3) is 0.143. The van der Waals surface area contributed by atoms with Crippen LogP contribution in [0.4, 0.5) is 13.2 Å². The molecular formula is C21H16ClF3N2O3. The van der Waals surface area contributed by atoms with E-state index in [1.54, 1.807) is 25.1 Å². The quantitative estimate of drug-likeness (QED) is 0.412. The summed E-state index contributed by atoms with van der Waals surface area (Å²) in [6, 6.07) is 12.9. The number of rotatable bonds is 6. The number of carbonyl (C=O) groups is 1. The third-order valence-corrected chi connectivity index (χ3v) is 4.21. The van der Waals surface area contributed by atoms with Gasteiger partial charge in [0.2, 0.25) is 0 Å². The monoisotopic (exact) mass is 436 g/mol. The van der Waals surface area contributed by atoms with E-state index in [2.05, 4.69) is 10.5 Å². The molecule has 0 bridgehead atoms. The lowest BCUT2D eigenvalue weighted by Gasteiger charge is -2.08. The van der Waals surface area contributed by atoms with Crippen molar-refractivity contribution in [2.45, 2.75) is 13.1 Å². The van der Waals surface area contributed by atoms with E-state index < -0.39 is 17.6 Å². The molecule has 1 amide bonds. The highest BCUT2D eigenvalue weighted by Gasteiger charge is 2.30. The molecule has 0 spiro atoms. The Labute approximate surface area is 175 Å². The zero-order valence-corrected chi connectivity index (χ0v) is 16.4. The molecule has 2 aromatic carbocycles. The lowest BCUT2D eigenvalue weighted by Crippen LogP contribution is -2.24. The molecule has 0 saturated heterocycles. The highest BCUT2D eigenvalue weighted by molar-refractivity contribution is 6.30. The number of hydrogen-bond acceptors (Lipinski definition) is 4. The van der Waals surface area contributed by atoms with Gasteiger partial charge >= 0.3 is 6.18 Å². The summed E-state index contributed by atoms with van der Waals surface area (Å²) >= 11 is 5.86. The maximum atomic E-state index is 12.8. The Hall–Kier alpha value is -3.26. The Morgan fingerprint density at radius 1 is 1.20 bits per heavy atom. The number of nitrogens with zero attached hydrogens (tertiary/aromatic N) is 1. The van der Waals surface area contributed by atoms with Gasteiger partial charge in [0.1, 0.15) is 17.3 Å². The van der Waals surface area contributed by atoms with E-state index >= 15 is 0 Å². The second-order valence-electron chi connectivity index (χ2n) is 6.27. The van der Waals surface area contributed by atoms with Crippen LogP contribution in [0.3, 0.4) is 0 Å². The van der Waals surface area contributed by atoms with E-state index in [4.69, 9.17) is 20.8 Å². The summed E-state index contributed by atoms with van der Waals surface area (Å²) in [5, 5.41) is 4.32. The van der Waals surface area contributed by atoms with Gasteiger partial charge in [0.05, 0.1) is 11.8 Å². The predicted octanol–water partition coefficient (Wildman–Crippen LogP) is 5.46. The van der Waals surface area contributed by atoms with E-state index in [1.807, 2.05) is 0 Å². The predicted molar refractivity (Wildman–Crippen MR) is 107 cm³/mol. The minimum absolute atomic E-state index is 0.246. The smallest absolute Gasteiger partial charge is 0.416 e. The second-order valence-corrected chi connectivity index (χ2v) is 6.71. The molecule has 3 rings (SSSR count). The lowest BCUT2D eigenvalue weighted by atomic mass is 10.1. The van der Waals surface area contributed by atoms with Gasteiger partial charge in [-0.05, 0) is 55.0 Å². The first-order chi connectivity index (χ1) is 14.2. The number of hydrazone groups is 1. The first kappa shape index (κ1) is 21.4. The molecule has 0 aliphatic heterocycles. The van der Waals surface area contributed by atoms with Crippen molar-refractivity contribution in [2.75, 3.05) is 6.61 Å². The molecular weight excluding hydrogens is 421 g/mol. The zero-order chi connectivity index (χ0) is 21.7. The van der Waals surface area contributed by atoms with Gasteiger partial charge in [-0.25, -0.2) is 5.43 Å². The highest BCUT2D eigenvalue weighted by atomic mass is 35.5. The van der Waals surface area contributed by atoms with Crippen molar-refractivity contribution >= 4 is 23.7 Å². The normalized spacial score (nSPS) is 11.6. The number of halogens is 4. The Kier molecular flexibility index (Phi) is 6.47. The number of aryl methyl sites for hydroxylation is 1. The van der Waals surface area contributed by atoms with Crippen molar-refractivity contribution in [1.82, 2.24) is 5.43 Å². The number of alkyl halides is 3. The van der Waals surface area contributed by atoms with Crippen molar-refractivity contribution in [2.24, 2.45) is 5.10 Å². The largest absolute Gasteiger partial charge is 0.483 e. The van der Waals surface area contributed by atoms with Crippen LogP contribution in [0.5, 0.6) is 5.75 Å². The number of ether oxygens (including phenoxy) is 1. The zero-order valence-electron chi connectivity index (χ0n) is 15.7. The van der Waals surface area contributed by atoms with Crippen molar-refractivity contribution in [3.8, 4) is 17.1 Å². The molecule has 0 aliphatic carbocycles. The fourth-order valence-corrected chi connectivity index (χ4v) is 2.77. The molecule has 30 heavy (non-hydrogen) atoms. The van der Waals surface area contributed by atoms with Crippen LogP contribution >= 0.6 is 11.6 Å². The van der Waals surface area contributed by atoms with Gasteiger partial charge in [-0.15, -0.1) is 0 Å². The van der Waals surface area contributed by atoms with Gasteiger partial charge < -0.3 is 9.15 Å². The van der Waals surface area contributed by atoms with Crippen molar-refractivity contribution in [1.29, 1.82) is 0 Å². The Balaban J connectivity index is 1.56. The molecule has 9 heteroatoms. The molecule has 156 valence electrons. The van der Waals surface area contributed by atoms with Gasteiger partial charge in [-0.2, -0.15) is 18.3 Å². The van der Waals surface area contributed by atoms with Crippen LogP contribution < -0.4 is 10.2 Å².